The summed E-state index contributed by atoms with van der Waals surface area (Å²) < 4.78 is 0. The molecule has 0 saturated heterocycles. The number of hydrogen-bond acceptors (Lipinski definition) is 0. The Bertz CT molecular complexity index is 8.00. The van der Waals surface area contributed by atoms with Gasteiger partial charge in [0.15, 0.2) is 17.4 Å². The van der Waals surface area contributed by atoms with Crippen LogP contribution in [-0.2, 0) is 17.1 Å². The molecule has 0 radical (unpaired) electrons. The fourth-order valence-electron chi connectivity index (χ4n) is 0. The molecule has 0 aliphatic carbocycles. The second-order valence-electron chi connectivity index (χ2n) is 0. The van der Waals surface area contributed by atoms with E-state index in [1.165, 1.54) is 0 Å². The van der Waals surface area contributed by atoms with Gasteiger partial charge >= 0.3 is 48.9 Å². The largest absolute Gasteiger partial charge is 0.0149 e. The average Bonchev–Trinajstić information content (AvgIpc) is 0. The van der Waals surface area contributed by atoms with E-state index in [-0.39, 0.29) is 94.3 Å². The van der Waals surface area contributed by atoms with E-state index >= 15 is 0 Å². The van der Waals surface area contributed by atoms with Gasteiger partial charge in [-0.25, -0.2) is 0 Å². The summed E-state index contributed by atoms with van der Waals surface area (Å²) >= 11 is 0. The summed E-state index contributed by atoms with van der Waals surface area (Å²) in [5.41, 5.74) is 0. The summed E-state index contributed by atoms with van der Waals surface area (Å²) in [7, 11) is 0. The molecule has 0 aliphatic heterocycles. The third-order valence-electron chi connectivity index (χ3n) is 0. The molecule has 4 heteroatoms. The predicted molar refractivity (Wildman–Crippen MR) is 29.8 cm³/mol. The van der Waals surface area contributed by atoms with Crippen LogP contribution in [0.2, 0.25) is 0 Å². The molecular formula is H9AlBaFeSi. The maximum Gasteiger partial charge on any atom is 0 e. The van der Waals surface area contributed by atoms with Gasteiger partial charge in [0.2, 0.25) is 0 Å². The second kappa shape index (κ2) is 17.0. The molecule has 0 aromatic rings. The third kappa shape index (κ3) is 8.85. The first kappa shape index (κ1) is 28.9. The van der Waals surface area contributed by atoms with Gasteiger partial charge in [0.25, 0.3) is 0 Å². The van der Waals surface area contributed by atoms with Crippen LogP contribution >= 0.6 is 0 Å². The van der Waals surface area contributed by atoms with E-state index in [2.05, 4.69) is 0 Å². The van der Waals surface area contributed by atoms with E-state index in [0.717, 1.165) is 0 Å². The van der Waals surface area contributed by atoms with Crippen molar-refractivity contribution in [2.45, 2.75) is 0 Å². The summed E-state index contributed by atoms with van der Waals surface area (Å²) in [5, 5.41) is 0. The van der Waals surface area contributed by atoms with Crippen LogP contribution in [0, 0.1) is 0 Å². The number of rotatable bonds is 0. The molecule has 0 rings (SSSR count). The molecule has 0 spiro atoms. The van der Waals surface area contributed by atoms with Crippen LogP contribution in [0.15, 0.2) is 0 Å². The Labute approximate surface area is 92.2 Å². The summed E-state index contributed by atoms with van der Waals surface area (Å²) in [6.45, 7) is 0. The Hall–Kier alpha value is 2.84. The Morgan fingerprint density at radius 1 is 1.00 bits per heavy atom. The standard InChI is InChI=1S/Al.Ba.Fe.H4Si.5H/h;;;1H4;;;;;. The maximum absolute atomic E-state index is 0. The van der Waals surface area contributed by atoms with E-state index in [4.69, 9.17) is 0 Å². The fourth-order valence-corrected chi connectivity index (χ4v) is 0. The van der Waals surface area contributed by atoms with E-state index in [9.17, 15) is 0 Å². The van der Waals surface area contributed by atoms with Crippen molar-refractivity contribution in [3.63, 3.8) is 0 Å². The van der Waals surface area contributed by atoms with Crippen molar-refractivity contribution < 1.29 is 17.1 Å². The van der Waals surface area contributed by atoms with Gasteiger partial charge in [0.05, 0.1) is 0 Å². The Morgan fingerprint density at radius 3 is 1.00 bits per heavy atom. The van der Waals surface area contributed by atoms with Crippen molar-refractivity contribution in [3.05, 3.63) is 0 Å². The minimum Gasteiger partial charge on any atom is -0.0149 e. The Morgan fingerprint density at radius 2 is 1.00 bits per heavy atom. The van der Waals surface area contributed by atoms with Gasteiger partial charge in [0, 0.05) is 17.1 Å². The van der Waals surface area contributed by atoms with E-state index in [0.29, 0.717) is 0 Å². The van der Waals surface area contributed by atoms with Crippen LogP contribution in [0.1, 0.15) is 0 Å². The van der Waals surface area contributed by atoms with Crippen molar-refractivity contribution in [1.29, 1.82) is 0 Å². The molecule has 26 valence electrons. The predicted octanol–water partition coefficient (Wildman–Crippen LogP) is -3.55. The molecule has 0 saturated carbocycles. The van der Waals surface area contributed by atoms with Crippen LogP contribution in [0.3, 0.4) is 0 Å². The van der Waals surface area contributed by atoms with Gasteiger partial charge in [0.1, 0.15) is 0 Å². The molecular weight excluding hydrogens is 248 g/mol. The molecule has 0 N–H and O–H groups in total. The van der Waals surface area contributed by atoms with Crippen LogP contribution < -0.4 is 0 Å². The van der Waals surface area contributed by atoms with Gasteiger partial charge in [-0.3, -0.25) is 0 Å². The fraction of sp³-hybridized carbons (Fsp3) is 0. The van der Waals surface area contributed by atoms with Gasteiger partial charge in [-0.1, -0.05) is 0 Å². The molecule has 0 aromatic heterocycles. The first-order valence-corrected chi connectivity index (χ1v) is 0. The molecule has 0 aliphatic rings. The molecule has 0 heterocycles. The minimum atomic E-state index is 0. The Balaban J connectivity index is 0. The zero-order valence-electron chi connectivity index (χ0n) is 0.354. The van der Waals surface area contributed by atoms with E-state index in [1.54, 1.807) is 0 Å². The SMILES string of the molecule is [AlH3].[BaH2].[Fe].[SiH4]. The first-order valence-electron chi connectivity index (χ1n) is 0. The molecule has 0 aromatic carbocycles. The van der Waals surface area contributed by atoms with Crippen molar-refractivity contribution in [2.75, 3.05) is 0 Å². The zero-order valence-corrected chi connectivity index (χ0v) is 1.46. The van der Waals surface area contributed by atoms with Gasteiger partial charge in [-0.2, -0.15) is 0 Å². The van der Waals surface area contributed by atoms with Crippen molar-refractivity contribution in [3.8, 4) is 0 Å². The summed E-state index contributed by atoms with van der Waals surface area (Å²) in [5.74, 6) is 0. The van der Waals surface area contributed by atoms with Gasteiger partial charge in [-0.05, 0) is 11.0 Å². The minimum absolute atomic E-state index is 0. The van der Waals surface area contributed by atoms with Crippen molar-refractivity contribution in [1.82, 2.24) is 0 Å². The van der Waals surface area contributed by atoms with Crippen molar-refractivity contribution in [2.24, 2.45) is 0 Å². The van der Waals surface area contributed by atoms with Gasteiger partial charge < -0.3 is 0 Å². The monoisotopic (exact) mass is 258 g/mol. The molecule has 4 heavy (non-hydrogen) atoms. The smallest absolute Gasteiger partial charge is 0 e. The second-order valence-corrected chi connectivity index (χ2v) is 0. The summed E-state index contributed by atoms with van der Waals surface area (Å²) in [6.07, 6.45) is 0. The van der Waals surface area contributed by atoms with Crippen LogP contribution in [-0.4, -0.2) is 77.2 Å². The number of hydrogen-bond donors (Lipinski definition) is 0. The average molecular weight is 257 g/mol. The molecule has 0 fully saturated rings. The summed E-state index contributed by atoms with van der Waals surface area (Å²) in [6, 6.07) is 0. The quantitative estimate of drug-likeness (QED) is 0.394. The maximum atomic E-state index is 0. The Kier molecular flexibility index (Phi) is 123. The molecule has 0 bridgehead atoms. The zero-order chi connectivity index (χ0) is 0. The third-order valence-corrected chi connectivity index (χ3v) is 0. The topological polar surface area (TPSA) is 0 Å². The molecule has 0 atom stereocenters. The first-order chi connectivity index (χ1) is 0. The van der Waals surface area contributed by atoms with E-state index < -0.39 is 0 Å². The van der Waals surface area contributed by atoms with Crippen molar-refractivity contribution >= 4 is 77.2 Å². The molecule has 0 amide bonds. The summed E-state index contributed by atoms with van der Waals surface area (Å²) in [4.78, 5) is 0. The van der Waals surface area contributed by atoms with Crippen LogP contribution in [0.5, 0.6) is 0 Å². The van der Waals surface area contributed by atoms with Crippen LogP contribution in [0.4, 0.5) is 0 Å². The molecule has 0 unspecified atom stereocenters. The van der Waals surface area contributed by atoms with Crippen LogP contribution in [0.25, 0.3) is 0 Å². The van der Waals surface area contributed by atoms with E-state index in [1.807, 2.05) is 0 Å². The van der Waals surface area contributed by atoms with Gasteiger partial charge in [-0.15, -0.1) is 0 Å². The molecule has 0 nitrogen and oxygen atoms in total. The normalized spacial score (nSPS) is 0.